The Hall–Kier alpha value is -2.33. The molecule has 0 aliphatic rings. The van der Waals surface area contributed by atoms with Gasteiger partial charge in [-0.3, -0.25) is 0 Å². The highest BCUT2D eigenvalue weighted by atomic mass is 35.5. The van der Waals surface area contributed by atoms with Crippen molar-refractivity contribution >= 4 is 17.4 Å². The lowest BCUT2D eigenvalue weighted by Crippen LogP contribution is -2.01. The molecule has 0 bridgehead atoms. The summed E-state index contributed by atoms with van der Waals surface area (Å²) in [5.41, 5.74) is 2.95. The second-order valence-corrected chi connectivity index (χ2v) is 4.82. The van der Waals surface area contributed by atoms with Crippen LogP contribution in [-0.2, 0) is 12.4 Å². The van der Waals surface area contributed by atoms with Crippen LogP contribution >= 0.6 is 11.6 Å². The van der Waals surface area contributed by atoms with Gasteiger partial charge in [0, 0.05) is 17.5 Å². The van der Waals surface area contributed by atoms with E-state index in [4.69, 9.17) is 16.0 Å². The number of nitrogens with one attached hydrogen (secondary N) is 1. The summed E-state index contributed by atoms with van der Waals surface area (Å²) in [7, 11) is 0. The van der Waals surface area contributed by atoms with E-state index in [1.54, 1.807) is 12.6 Å². The van der Waals surface area contributed by atoms with Gasteiger partial charge in [0.25, 0.3) is 0 Å². The van der Waals surface area contributed by atoms with Crippen molar-refractivity contribution in [2.24, 2.45) is 0 Å². The first-order valence-electron chi connectivity index (χ1n) is 6.59. The summed E-state index contributed by atoms with van der Waals surface area (Å²) < 4.78 is 5.28. The Balaban J connectivity index is 1.79. The van der Waals surface area contributed by atoms with Gasteiger partial charge in [0.2, 0.25) is 0 Å². The molecular weight excluding hydrogens is 286 g/mol. The molecule has 0 atom stereocenters. The summed E-state index contributed by atoms with van der Waals surface area (Å²) in [4.78, 5) is 8.53. The van der Waals surface area contributed by atoms with Gasteiger partial charge in [-0.25, -0.2) is 9.97 Å². The van der Waals surface area contributed by atoms with Crippen LogP contribution in [-0.4, -0.2) is 9.97 Å². The van der Waals surface area contributed by atoms with Crippen molar-refractivity contribution in [1.29, 1.82) is 0 Å². The van der Waals surface area contributed by atoms with Crippen molar-refractivity contribution in [1.82, 2.24) is 9.97 Å². The first-order valence-corrected chi connectivity index (χ1v) is 7.12. The molecule has 3 rings (SSSR count). The fourth-order valence-electron chi connectivity index (χ4n) is 2.02. The number of anilines is 1. The van der Waals surface area contributed by atoms with E-state index < -0.39 is 0 Å². The zero-order valence-corrected chi connectivity index (χ0v) is 12.0. The van der Waals surface area contributed by atoms with Crippen LogP contribution < -0.4 is 5.32 Å². The number of aromatic nitrogens is 2. The fourth-order valence-corrected chi connectivity index (χ4v) is 2.18. The molecule has 0 aliphatic heterocycles. The highest BCUT2D eigenvalue weighted by Crippen LogP contribution is 2.21. The van der Waals surface area contributed by atoms with Crippen LogP contribution in [0.15, 0.2) is 59.5 Å². The number of nitrogens with zero attached hydrogens (tertiary/aromatic N) is 2. The van der Waals surface area contributed by atoms with Crippen LogP contribution in [0.3, 0.4) is 0 Å². The van der Waals surface area contributed by atoms with E-state index in [1.165, 1.54) is 0 Å². The Labute approximate surface area is 127 Å². The third kappa shape index (κ3) is 3.41. The molecule has 5 heteroatoms. The monoisotopic (exact) mass is 299 g/mol. The van der Waals surface area contributed by atoms with Gasteiger partial charge in [0.1, 0.15) is 17.9 Å². The Morgan fingerprint density at radius 3 is 2.86 bits per heavy atom. The minimum atomic E-state index is 0.489. The lowest BCUT2D eigenvalue weighted by atomic mass is 10.1. The van der Waals surface area contributed by atoms with E-state index in [0.717, 1.165) is 28.4 Å². The highest BCUT2D eigenvalue weighted by Gasteiger charge is 2.03. The van der Waals surface area contributed by atoms with E-state index in [-0.39, 0.29) is 0 Å². The van der Waals surface area contributed by atoms with E-state index in [1.807, 2.05) is 42.5 Å². The van der Waals surface area contributed by atoms with Crippen LogP contribution in [0.2, 0.25) is 0 Å². The third-order valence-corrected chi connectivity index (χ3v) is 3.38. The Morgan fingerprint density at radius 2 is 2.05 bits per heavy atom. The molecule has 0 radical (unpaired) electrons. The first kappa shape index (κ1) is 13.6. The molecule has 0 spiro atoms. The van der Waals surface area contributed by atoms with Gasteiger partial charge in [-0.05, 0) is 23.8 Å². The van der Waals surface area contributed by atoms with Crippen molar-refractivity contribution in [3.05, 3.63) is 66.4 Å². The lowest BCUT2D eigenvalue weighted by molar-refractivity contribution is 0.518. The normalized spacial score (nSPS) is 10.5. The maximum atomic E-state index is 5.87. The molecule has 0 saturated heterocycles. The molecule has 0 fully saturated rings. The molecular formula is C16H14ClN3O. The zero-order chi connectivity index (χ0) is 14.5. The standard InChI is InChI=1S/C16H14ClN3O/c17-9-12-3-1-4-13(7-12)15-8-16(20-11-19-15)18-10-14-5-2-6-21-14/h1-8,11H,9-10H2,(H,18,19,20). The summed E-state index contributed by atoms with van der Waals surface area (Å²) in [5.74, 6) is 2.11. The van der Waals surface area contributed by atoms with Crippen LogP contribution in [0, 0.1) is 0 Å². The number of furan rings is 1. The molecule has 2 aromatic heterocycles. The van der Waals surface area contributed by atoms with Gasteiger partial charge >= 0.3 is 0 Å². The smallest absolute Gasteiger partial charge is 0.130 e. The summed E-state index contributed by atoms with van der Waals surface area (Å²) in [6.45, 7) is 0.588. The van der Waals surface area contributed by atoms with Gasteiger partial charge < -0.3 is 9.73 Å². The quantitative estimate of drug-likeness (QED) is 0.721. The average Bonchev–Trinajstić information content (AvgIpc) is 3.07. The minimum absolute atomic E-state index is 0.489. The molecule has 0 amide bonds. The summed E-state index contributed by atoms with van der Waals surface area (Å²) in [6.07, 6.45) is 3.20. The van der Waals surface area contributed by atoms with E-state index in [9.17, 15) is 0 Å². The SMILES string of the molecule is ClCc1cccc(-c2cc(NCc3ccco3)ncn2)c1. The molecule has 1 aromatic carbocycles. The molecule has 1 N–H and O–H groups in total. The van der Waals surface area contributed by atoms with Crippen molar-refractivity contribution in [2.45, 2.75) is 12.4 Å². The summed E-state index contributed by atoms with van der Waals surface area (Å²) in [5, 5.41) is 3.21. The van der Waals surface area contributed by atoms with Gasteiger partial charge in [-0.1, -0.05) is 18.2 Å². The molecule has 3 aromatic rings. The van der Waals surface area contributed by atoms with Gasteiger partial charge in [0.05, 0.1) is 18.5 Å². The largest absolute Gasteiger partial charge is 0.467 e. The van der Waals surface area contributed by atoms with Crippen LogP contribution in [0.5, 0.6) is 0 Å². The Kier molecular flexibility index (Phi) is 4.17. The molecule has 2 heterocycles. The maximum Gasteiger partial charge on any atom is 0.130 e. The third-order valence-electron chi connectivity index (χ3n) is 3.07. The van der Waals surface area contributed by atoms with Crippen molar-refractivity contribution in [2.75, 3.05) is 5.32 Å². The second-order valence-electron chi connectivity index (χ2n) is 4.56. The molecule has 21 heavy (non-hydrogen) atoms. The number of hydrogen-bond acceptors (Lipinski definition) is 4. The number of alkyl halides is 1. The van der Waals surface area contributed by atoms with Gasteiger partial charge in [-0.2, -0.15) is 0 Å². The molecule has 4 nitrogen and oxygen atoms in total. The van der Waals surface area contributed by atoms with Crippen LogP contribution in [0.4, 0.5) is 5.82 Å². The second kappa shape index (κ2) is 6.41. The fraction of sp³-hybridized carbons (Fsp3) is 0.125. The summed E-state index contributed by atoms with van der Waals surface area (Å²) >= 11 is 5.87. The average molecular weight is 300 g/mol. The zero-order valence-electron chi connectivity index (χ0n) is 11.3. The first-order chi connectivity index (χ1) is 10.3. The van der Waals surface area contributed by atoms with Crippen LogP contribution in [0.25, 0.3) is 11.3 Å². The van der Waals surface area contributed by atoms with Crippen molar-refractivity contribution in [3.8, 4) is 11.3 Å². The van der Waals surface area contributed by atoms with Gasteiger partial charge in [-0.15, -0.1) is 11.6 Å². The maximum absolute atomic E-state index is 5.87. The topological polar surface area (TPSA) is 51.0 Å². The number of halogens is 1. The minimum Gasteiger partial charge on any atom is -0.467 e. The summed E-state index contributed by atoms with van der Waals surface area (Å²) in [6, 6.07) is 13.7. The molecule has 0 aliphatic carbocycles. The Bertz CT molecular complexity index is 713. The number of rotatable bonds is 5. The van der Waals surface area contributed by atoms with E-state index >= 15 is 0 Å². The van der Waals surface area contributed by atoms with Crippen LogP contribution in [0.1, 0.15) is 11.3 Å². The van der Waals surface area contributed by atoms with E-state index in [2.05, 4.69) is 15.3 Å². The molecule has 0 saturated carbocycles. The predicted octanol–water partition coefficient (Wildman–Crippen LogP) is 4.09. The highest BCUT2D eigenvalue weighted by molar-refractivity contribution is 6.17. The number of hydrogen-bond donors (Lipinski definition) is 1. The van der Waals surface area contributed by atoms with E-state index in [0.29, 0.717) is 12.4 Å². The van der Waals surface area contributed by atoms with Gasteiger partial charge in [0.15, 0.2) is 0 Å². The lowest BCUT2D eigenvalue weighted by Gasteiger charge is -2.06. The number of benzene rings is 1. The van der Waals surface area contributed by atoms with Crippen molar-refractivity contribution in [3.63, 3.8) is 0 Å². The molecule has 0 unspecified atom stereocenters. The molecule has 106 valence electrons. The predicted molar refractivity (Wildman–Crippen MR) is 83.1 cm³/mol. The van der Waals surface area contributed by atoms with Crippen molar-refractivity contribution < 1.29 is 4.42 Å². The Morgan fingerprint density at radius 1 is 1.10 bits per heavy atom.